The van der Waals surface area contributed by atoms with E-state index in [0.29, 0.717) is 23.7 Å². The Labute approximate surface area is 141 Å². The van der Waals surface area contributed by atoms with E-state index in [1.54, 1.807) is 50.8 Å². The molecule has 24 heavy (non-hydrogen) atoms. The molecule has 0 heterocycles. The van der Waals surface area contributed by atoms with Crippen molar-refractivity contribution < 1.29 is 19.0 Å². The lowest BCUT2D eigenvalue weighted by Crippen LogP contribution is -1.98. The standard InChI is InChI=1S/C19H21NO4/c1-4-24-15-7-5-14(6-8-15)18(21)11-12-20-17-10-9-16(22-2)13-19(17)23-3/h5-13,20H,4H2,1-3H3/b12-11+. The Morgan fingerprint density at radius 2 is 1.75 bits per heavy atom. The highest BCUT2D eigenvalue weighted by Gasteiger charge is 2.04. The second kappa shape index (κ2) is 8.62. The lowest BCUT2D eigenvalue weighted by molar-refractivity contribution is 0.104. The fourth-order valence-electron chi connectivity index (χ4n) is 2.10. The van der Waals surface area contributed by atoms with Crippen LogP contribution in [0.4, 0.5) is 5.69 Å². The molecule has 1 N–H and O–H groups in total. The average Bonchev–Trinajstić information content (AvgIpc) is 2.62. The Balaban J connectivity index is 2.01. The molecule has 0 spiro atoms. The first-order valence-corrected chi connectivity index (χ1v) is 7.60. The van der Waals surface area contributed by atoms with Gasteiger partial charge in [0.1, 0.15) is 17.2 Å². The Morgan fingerprint density at radius 3 is 2.38 bits per heavy atom. The topological polar surface area (TPSA) is 56.8 Å². The molecule has 0 unspecified atom stereocenters. The molecule has 0 radical (unpaired) electrons. The minimum absolute atomic E-state index is 0.0990. The van der Waals surface area contributed by atoms with Gasteiger partial charge in [-0.2, -0.15) is 0 Å². The molecule has 2 rings (SSSR count). The van der Waals surface area contributed by atoms with E-state index in [-0.39, 0.29) is 5.78 Å². The maximum Gasteiger partial charge on any atom is 0.187 e. The first kappa shape index (κ1) is 17.4. The smallest absolute Gasteiger partial charge is 0.187 e. The van der Waals surface area contributed by atoms with Gasteiger partial charge >= 0.3 is 0 Å². The van der Waals surface area contributed by atoms with Crippen LogP contribution in [0.2, 0.25) is 0 Å². The summed E-state index contributed by atoms with van der Waals surface area (Å²) in [6.45, 7) is 2.52. The van der Waals surface area contributed by atoms with Crippen LogP contribution in [0.25, 0.3) is 0 Å². The predicted molar refractivity (Wildman–Crippen MR) is 94.3 cm³/mol. The zero-order valence-electron chi connectivity index (χ0n) is 14.0. The van der Waals surface area contributed by atoms with Crippen LogP contribution in [-0.4, -0.2) is 26.6 Å². The Morgan fingerprint density at radius 1 is 1.04 bits per heavy atom. The number of ketones is 1. The van der Waals surface area contributed by atoms with E-state index >= 15 is 0 Å². The van der Waals surface area contributed by atoms with Gasteiger partial charge in [0.2, 0.25) is 0 Å². The predicted octanol–water partition coefficient (Wildman–Crippen LogP) is 3.91. The number of nitrogens with one attached hydrogen (secondary N) is 1. The van der Waals surface area contributed by atoms with E-state index in [1.807, 2.05) is 19.1 Å². The molecule has 0 aliphatic rings. The molecule has 0 aromatic heterocycles. The van der Waals surface area contributed by atoms with Gasteiger partial charge in [0, 0.05) is 23.9 Å². The number of hydrogen-bond acceptors (Lipinski definition) is 5. The zero-order valence-corrected chi connectivity index (χ0v) is 14.0. The number of allylic oxidation sites excluding steroid dienone is 1. The van der Waals surface area contributed by atoms with Crippen LogP contribution in [0.3, 0.4) is 0 Å². The van der Waals surface area contributed by atoms with Crippen molar-refractivity contribution in [3.05, 3.63) is 60.3 Å². The SMILES string of the molecule is CCOc1ccc(C(=O)/C=C/Nc2ccc(OC)cc2OC)cc1. The molecule has 126 valence electrons. The minimum Gasteiger partial charge on any atom is -0.497 e. The van der Waals surface area contributed by atoms with Gasteiger partial charge in [0.15, 0.2) is 5.78 Å². The van der Waals surface area contributed by atoms with Crippen molar-refractivity contribution in [2.45, 2.75) is 6.92 Å². The summed E-state index contributed by atoms with van der Waals surface area (Å²) in [5.41, 5.74) is 1.34. The maximum absolute atomic E-state index is 12.1. The summed E-state index contributed by atoms with van der Waals surface area (Å²) in [7, 11) is 3.17. The van der Waals surface area contributed by atoms with Crippen LogP contribution in [-0.2, 0) is 0 Å². The first-order valence-electron chi connectivity index (χ1n) is 7.60. The fraction of sp³-hybridized carbons (Fsp3) is 0.211. The number of carbonyl (C=O) groups excluding carboxylic acids is 1. The van der Waals surface area contributed by atoms with Gasteiger partial charge in [0.25, 0.3) is 0 Å². The molecular formula is C19H21NO4. The van der Waals surface area contributed by atoms with Crippen molar-refractivity contribution >= 4 is 11.5 Å². The van der Waals surface area contributed by atoms with Crippen LogP contribution in [0.15, 0.2) is 54.7 Å². The molecule has 0 amide bonds. The molecule has 0 aliphatic heterocycles. The second-order valence-corrected chi connectivity index (χ2v) is 4.87. The Bertz CT molecular complexity index is 708. The van der Waals surface area contributed by atoms with E-state index < -0.39 is 0 Å². The monoisotopic (exact) mass is 327 g/mol. The second-order valence-electron chi connectivity index (χ2n) is 4.87. The number of rotatable bonds is 8. The largest absolute Gasteiger partial charge is 0.497 e. The summed E-state index contributed by atoms with van der Waals surface area (Å²) in [4.78, 5) is 12.1. The van der Waals surface area contributed by atoms with Crippen LogP contribution < -0.4 is 19.5 Å². The summed E-state index contributed by atoms with van der Waals surface area (Å²) < 4.78 is 15.8. The highest BCUT2D eigenvalue weighted by atomic mass is 16.5. The minimum atomic E-state index is -0.0990. The molecular weight excluding hydrogens is 306 g/mol. The van der Waals surface area contributed by atoms with Gasteiger partial charge in [-0.3, -0.25) is 4.79 Å². The number of carbonyl (C=O) groups is 1. The molecule has 0 saturated heterocycles. The lowest BCUT2D eigenvalue weighted by Gasteiger charge is -2.09. The quantitative estimate of drug-likeness (QED) is 0.588. The van der Waals surface area contributed by atoms with Crippen LogP contribution in [0.1, 0.15) is 17.3 Å². The molecule has 5 heteroatoms. The summed E-state index contributed by atoms with van der Waals surface area (Å²) in [6.07, 6.45) is 3.06. The van der Waals surface area contributed by atoms with Crippen molar-refractivity contribution in [1.29, 1.82) is 0 Å². The summed E-state index contributed by atoms with van der Waals surface area (Å²) in [5.74, 6) is 1.98. The van der Waals surface area contributed by atoms with Crippen LogP contribution in [0.5, 0.6) is 17.2 Å². The van der Waals surface area contributed by atoms with Gasteiger partial charge in [-0.05, 0) is 43.3 Å². The van der Waals surface area contributed by atoms with Crippen molar-refractivity contribution in [2.24, 2.45) is 0 Å². The van der Waals surface area contributed by atoms with Crippen molar-refractivity contribution in [3.63, 3.8) is 0 Å². The Kier molecular flexibility index (Phi) is 6.25. The third kappa shape index (κ3) is 4.52. The number of ether oxygens (including phenoxy) is 3. The third-order valence-corrected chi connectivity index (χ3v) is 3.33. The zero-order chi connectivity index (χ0) is 17.4. The summed E-state index contributed by atoms with van der Waals surface area (Å²) in [6, 6.07) is 12.5. The normalized spacial score (nSPS) is 10.5. The van der Waals surface area contributed by atoms with Crippen molar-refractivity contribution in [2.75, 3.05) is 26.1 Å². The van der Waals surface area contributed by atoms with Gasteiger partial charge in [-0.25, -0.2) is 0 Å². The van der Waals surface area contributed by atoms with E-state index in [4.69, 9.17) is 14.2 Å². The highest BCUT2D eigenvalue weighted by molar-refractivity contribution is 6.04. The van der Waals surface area contributed by atoms with E-state index in [1.165, 1.54) is 6.08 Å². The van der Waals surface area contributed by atoms with E-state index in [9.17, 15) is 4.79 Å². The van der Waals surface area contributed by atoms with Gasteiger partial charge in [-0.15, -0.1) is 0 Å². The Hall–Kier alpha value is -2.95. The number of anilines is 1. The van der Waals surface area contributed by atoms with E-state index in [0.717, 1.165) is 11.4 Å². The van der Waals surface area contributed by atoms with Crippen molar-refractivity contribution in [3.8, 4) is 17.2 Å². The highest BCUT2D eigenvalue weighted by Crippen LogP contribution is 2.28. The fourth-order valence-corrected chi connectivity index (χ4v) is 2.10. The number of hydrogen-bond donors (Lipinski definition) is 1. The van der Waals surface area contributed by atoms with Crippen LogP contribution >= 0.6 is 0 Å². The molecule has 2 aromatic carbocycles. The van der Waals surface area contributed by atoms with Gasteiger partial charge in [-0.1, -0.05) is 0 Å². The van der Waals surface area contributed by atoms with Gasteiger partial charge < -0.3 is 19.5 Å². The maximum atomic E-state index is 12.1. The molecule has 0 aliphatic carbocycles. The molecule has 0 fully saturated rings. The molecule has 5 nitrogen and oxygen atoms in total. The lowest BCUT2D eigenvalue weighted by atomic mass is 10.1. The summed E-state index contributed by atoms with van der Waals surface area (Å²) in [5, 5.41) is 3.04. The molecule has 0 bridgehead atoms. The van der Waals surface area contributed by atoms with Crippen LogP contribution in [0, 0.1) is 0 Å². The molecule has 0 saturated carbocycles. The number of benzene rings is 2. The molecule has 0 atom stereocenters. The van der Waals surface area contributed by atoms with Gasteiger partial charge in [0.05, 0.1) is 26.5 Å². The molecule has 2 aromatic rings. The van der Waals surface area contributed by atoms with E-state index in [2.05, 4.69) is 5.32 Å². The average molecular weight is 327 g/mol. The third-order valence-electron chi connectivity index (χ3n) is 3.33. The summed E-state index contributed by atoms with van der Waals surface area (Å²) >= 11 is 0. The number of methoxy groups -OCH3 is 2. The first-order chi connectivity index (χ1) is 11.7. The van der Waals surface area contributed by atoms with Crippen molar-refractivity contribution in [1.82, 2.24) is 0 Å².